The predicted octanol–water partition coefficient (Wildman–Crippen LogP) is 4.75. The van der Waals surface area contributed by atoms with E-state index >= 15 is 0 Å². The number of benzene rings is 2. The third-order valence-electron chi connectivity index (χ3n) is 3.52. The highest BCUT2D eigenvalue weighted by Crippen LogP contribution is 2.36. The van der Waals surface area contributed by atoms with E-state index in [0.717, 1.165) is 0 Å². The van der Waals surface area contributed by atoms with Gasteiger partial charge in [0.1, 0.15) is 5.03 Å². The molecule has 0 aliphatic heterocycles. The Kier molecular flexibility index (Phi) is 5.29. The van der Waals surface area contributed by atoms with Gasteiger partial charge >= 0.3 is 0 Å². The number of nitrogens with zero attached hydrogens (tertiary/aromatic N) is 3. The Morgan fingerprint density at radius 1 is 1.30 bits per heavy atom. The van der Waals surface area contributed by atoms with Crippen molar-refractivity contribution in [3.8, 4) is 23.0 Å². The molecule has 0 fully saturated rings. The molecule has 1 aromatic heterocycles. The van der Waals surface area contributed by atoms with E-state index in [2.05, 4.69) is 10.2 Å². The minimum atomic E-state index is -0.500. The largest absolute Gasteiger partial charge is 0.503 e. The monoisotopic (exact) mass is 407 g/mol. The summed E-state index contributed by atoms with van der Waals surface area (Å²) in [6, 6.07) is 8.70. The van der Waals surface area contributed by atoms with Gasteiger partial charge in [-0.25, -0.2) is 0 Å². The molecule has 0 saturated carbocycles. The number of phenols is 1. The first-order chi connectivity index (χ1) is 12.9. The normalized spacial score (nSPS) is 11.4. The van der Waals surface area contributed by atoms with Crippen molar-refractivity contribution in [1.82, 2.24) is 10.2 Å². The first kappa shape index (κ1) is 18.7. The molecule has 8 nitrogen and oxygen atoms in total. The zero-order valence-corrected chi connectivity index (χ0v) is 15.2. The fourth-order valence-corrected chi connectivity index (χ4v) is 2.62. The Balaban J connectivity index is 1.88. The van der Waals surface area contributed by atoms with Gasteiger partial charge in [0, 0.05) is 17.7 Å². The lowest BCUT2D eigenvalue weighted by atomic mass is 10.2. The van der Waals surface area contributed by atoms with Crippen LogP contribution in [0.2, 0.25) is 5.02 Å². The molecule has 10 heteroatoms. The number of phenolic OH excluding ortho intramolecular Hbond substituents is 1. The van der Waals surface area contributed by atoms with Crippen LogP contribution in [0.15, 0.2) is 40.8 Å². The van der Waals surface area contributed by atoms with Crippen molar-refractivity contribution >= 4 is 40.0 Å². The van der Waals surface area contributed by atoms with Gasteiger partial charge in [-0.2, -0.15) is 0 Å². The average molecular weight is 408 g/mol. The van der Waals surface area contributed by atoms with Crippen LogP contribution < -0.4 is 4.74 Å². The number of non-ortho nitro benzene ring substituents is 1. The SMILES string of the molecule is COc1cc(/C=C(\Cl)c2nnc(-c3ccc([N+](=O)[O-])cc3)o2)cc(Cl)c1O. The predicted molar refractivity (Wildman–Crippen MR) is 99.8 cm³/mol. The number of ether oxygens (including phenoxy) is 1. The first-order valence-corrected chi connectivity index (χ1v) is 8.17. The first-order valence-electron chi connectivity index (χ1n) is 7.41. The second-order valence-electron chi connectivity index (χ2n) is 5.26. The lowest BCUT2D eigenvalue weighted by Gasteiger charge is -2.06. The van der Waals surface area contributed by atoms with Crippen LogP contribution in [0.1, 0.15) is 11.5 Å². The Morgan fingerprint density at radius 2 is 2.00 bits per heavy atom. The van der Waals surface area contributed by atoms with E-state index in [1.807, 2.05) is 0 Å². The van der Waals surface area contributed by atoms with Gasteiger partial charge in [-0.15, -0.1) is 10.2 Å². The lowest BCUT2D eigenvalue weighted by Crippen LogP contribution is -1.87. The Labute approximate surface area is 162 Å². The minimum absolute atomic E-state index is 0.0467. The van der Waals surface area contributed by atoms with Crippen LogP contribution in [0.4, 0.5) is 5.69 Å². The maximum Gasteiger partial charge on any atom is 0.269 e. The van der Waals surface area contributed by atoms with E-state index in [4.69, 9.17) is 32.4 Å². The molecule has 27 heavy (non-hydrogen) atoms. The van der Waals surface area contributed by atoms with Crippen molar-refractivity contribution in [2.24, 2.45) is 0 Å². The number of rotatable bonds is 5. The lowest BCUT2D eigenvalue weighted by molar-refractivity contribution is -0.384. The zero-order chi connectivity index (χ0) is 19.6. The standard InChI is InChI=1S/C17H11Cl2N3O5/c1-26-14-8-9(6-12(18)15(14)23)7-13(19)17-21-20-16(27-17)10-2-4-11(5-3-10)22(24)25/h2-8,23H,1H3/b13-7-. The Bertz CT molecular complexity index is 1030. The van der Waals surface area contributed by atoms with Crippen molar-refractivity contribution in [2.75, 3.05) is 7.11 Å². The van der Waals surface area contributed by atoms with Gasteiger partial charge < -0.3 is 14.3 Å². The van der Waals surface area contributed by atoms with Crippen LogP contribution in [0.3, 0.4) is 0 Å². The Morgan fingerprint density at radius 3 is 2.63 bits per heavy atom. The van der Waals surface area contributed by atoms with Crippen molar-refractivity contribution in [3.63, 3.8) is 0 Å². The molecule has 0 amide bonds. The molecule has 0 unspecified atom stereocenters. The number of methoxy groups -OCH3 is 1. The topological polar surface area (TPSA) is 112 Å². The number of aromatic nitrogens is 2. The summed E-state index contributed by atoms with van der Waals surface area (Å²) < 4.78 is 10.5. The molecular formula is C17H11Cl2N3O5. The summed E-state index contributed by atoms with van der Waals surface area (Å²) in [6.45, 7) is 0. The van der Waals surface area contributed by atoms with Gasteiger partial charge in [0.05, 0.1) is 17.1 Å². The van der Waals surface area contributed by atoms with Crippen LogP contribution in [-0.2, 0) is 0 Å². The van der Waals surface area contributed by atoms with E-state index in [1.54, 1.807) is 0 Å². The third-order valence-corrected chi connectivity index (χ3v) is 4.08. The molecule has 0 aliphatic carbocycles. The second kappa shape index (κ2) is 7.65. The molecule has 3 rings (SSSR count). The second-order valence-corrected chi connectivity index (χ2v) is 6.08. The fraction of sp³-hybridized carbons (Fsp3) is 0.0588. The maximum atomic E-state index is 10.7. The number of hydrogen-bond donors (Lipinski definition) is 1. The molecule has 1 N–H and O–H groups in total. The molecule has 0 aliphatic rings. The van der Waals surface area contributed by atoms with Gasteiger partial charge in [0.25, 0.3) is 11.6 Å². The molecule has 0 bridgehead atoms. The van der Waals surface area contributed by atoms with Crippen LogP contribution >= 0.6 is 23.2 Å². The smallest absolute Gasteiger partial charge is 0.269 e. The summed E-state index contributed by atoms with van der Waals surface area (Å²) >= 11 is 12.2. The van der Waals surface area contributed by atoms with E-state index in [0.29, 0.717) is 11.1 Å². The molecule has 0 radical (unpaired) electrons. The average Bonchev–Trinajstić information content (AvgIpc) is 3.15. The number of nitro benzene ring substituents is 1. The molecule has 0 spiro atoms. The summed E-state index contributed by atoms with van der Waals surface area (Å²) in [5.41, 5.74) is 1.02. The minimum Gasteiger partial charge on any atom is -0.503 e. The van der Waals surface area contributed by atoms with Crippen molar-refractivity contribution in [1.29, 1.82) is 0 Å². The zero-order valence-electron chi connectivity index (χ0n) is 13.7. The van der Waals surface area contributed by atoms with Gasteiger partial charge in [-0.1, -0.05) is 23.2 Å². The van der Waals surface area contributed by atoms with Crippen LogP contribution in [0, 0.1) is 10.1 Å². The highest BCUT2D eigenvalue weighted by atomic mass is 35.5. The highest BCUT2D eigenvalue weighted by molar-refractivity contribution is 6.50. The van der Waals surface area contributed by atoms with Gasteiger partial charge in [0.15, 0.2) is 11.5 Å². The summed E-state index contributed by atoms with van der Waals surface area (Å²) in [5.74, 6) is 0.224. The summed E-state index contributed by atoms with van der Waals surface area (Å²) in [5, 5.41) is 28.5. The van der Waals surface area contributed by atoms with Crippen LogP contribution in [0.5, 0.6) is 11.5 Å². The number of hydrogen-bond acceptors (Lipinski definition) is 7. The van der Waals surface area contributed by atoms with Gasteiger partial charge in [-0.3, -0.25) is 10.1 Å². The molecule has 0 saturated heterocycles. The molecule has 1 heterocycles. The number of halogens is 2. The quantitative estimate of drug-likeness (QED) is 0.479. The van der Waals surface area contributed by atoms with E-state index < -0.39 is 4.92 Å². The van der Waals surface area contributed by atoms with Gasteiger partial charge in [0.2, 0.25) is 5.89 Å². The van der Waals surface area contributed by atoms with Crippen LogP contribution in [0.25, 0.3) is 22.6 Å². The van der Waals surface area contributed by atoms with E-state index in [9.17, 15) is 15.2 Å². The molecular weight excluding hydrogens is 397 g/mol. The van der Waals surface area contributed by atoms with Crippen molar-refractivity contribution in [2.45, 2.75) is 0 Å². The molecule has 138 valence electrons. The number of nitro groups is 1. The van der Waals surface area contributed by atoms with Crippen LogP contribution in [-0.4, -0.2) is 27.3 Å². The Hall–Kier alpha value is -3.10. The summed E-state index contributed by atoms with van der Waals surface area (Å²) in [4.78, 5) is 10.2. The maximum absolute atomic E-state index is 10.7. The van der Waals surface area contributed by atoms with E-state index in [-0.39, 0.29) is 39.0 Å². The third kappa shape index (κ3) is 4.02. The number of aromatic hydroxyl groups is 1. The van der Waals surface area contributed by atoms with Crippen molar-refractivity contribution < 1.29 is 19.2 Å². The van der Waals surface area contributed by atoms with Crippen molar-refractivity contribution in [3.05, 3.63) is 63.0 Å². The highest BCUT2D eigenvalue weighted by Gasteiger charge is 2.14. The molecule has 3 aromatic rings. The summed E-state index contributed by atoms with van der Waals surface area (Å²) in [6.07, 6.45) is 1.52. The summed E-state index contributed by atoms with van der Waals surface area (Å²) in [7, 11) is 1.40. The van der Waals surface area contributed by atoms with Gasteiger partial charge in [-0.05, 0) is 35.9 Å². The molecule has 0 atom stereocenters. The fourth-order valence-electron chi connectivity index (χ4n) is 2.20. The van der Waals surface area contributed by atoms with E-state index in [1.165, 1.54) is 49.6 Å². The molecule has 2 aromatic carbocycles.